The second kappa shape index (κ2) is 8.86. The fourth-order valence-electron chi connectivity index (χ4n) is 3.27. The normalized spacial score (nSPS) is 18.6. The quantitative estimate of drug-likeness (QED) is 0.719. The van der Waals surface area contributed by atoms with E-state index in [0.29, 0.717) is 12.3 Å². The van der Waals surface area contributed by atoms with Gasteiger partial charge in [0.25, 0.3) is 0 Å². The molecule has 1 amide bonds. The molecule has 26 heavy (non-hydrogen) atoms. The molecule has 1 aromatic rings. The number of anilines is 1. The van der Waals surface area contributed by atoms with Crippen LogP contribution in [0.5, 0.6) is 5.75 Å². The molecular weight excluding hydrogens is 336 g/mol. The van der Waals surface area contributed by atoms with Gasteiger partial charge >= 0.3 is 5.97 Å². The molecule has 2 fully saturated rings. The van der Waals surface area contributed by atoms with Gasteiger partial charge in [-0.15, -0.1) is 0 Å². The van der Waals surface area contributed by atoms with E-state index in [2.05, 4.69) is 15.1 Å². The lowest BCUT2D eigenvalue weighted by molar-refractivity contribution is -0.139. The van der Waals surface area contributed by atoms with Crippen LogP contribution in [-0.4, -0.2) is 92.3 Å². The van der Waals surface area contributed by atoms with E-state index in [0.717, 1.165) is 58.0 Å². The Kier molecular flexibility index (Phi) is 6.30. The Morgan fingerprint density at radius 1 is 1.00 bits per heavy atom. The molecule has 0 radical (unpaired) electrons. The summed E-state index contributed by atoms with van der Waals surface area (Å²) in [6, 6.07) is 7.47. The van der Waals surface area contributed by atoms with Crippen LogP contribution in [0.15, 0.2) is 24.3 Å². The van der Waals surface area contributed by atoms with Crippen LogP contribution < -0.4 is 15.0 Å². The van der Waals surface area contributed by atoms with Crippen LogP contribution >= 0.6 is 0 Å². The number of ether oxygens (including phenoxy) is 1. The van der Waals surface area contributed by atoms with Gasteiger partial charge in [-0.2, -0.15) is 0 Å². The molecule has 142 valence electrons. The monoisotopic (exact) mass is 362 g/mol. The van der Waals surface area contributed by atoms with Crippen LogP contribution in [0.3, 0.4) is 0 Å². The number of aliphatic carboxylic acids is 1. The first-order chi connectivity index (χ1) is 12.6. The molecule has 2 aliphatic heterocycles. The average molecular weight is 362 g/mol. The zero-order chi connectivity index (χ0) is 18.4. The second-order valence-electron chi connectivity index (χ2n) is 6.57. The SMILES string of the molecule is O=C(O)COc1ccc(N2CCN(CC(=O)N3CCNCC3)CC2)cc1. The maximum Gasteiger partial charge on any atom is 0.341 e. The van der Waals surface area contributed by atoms with Crippen molar-refractivity contribution in [1.29, 1.82) is 0 Å². The lowest BCUT2D eigenvalue weighted by atomic mass is 10.2. The topological polar surface area (TPSA) is 85.4 Å². The maximum absolute atomic E-state index is 12.4. The number of rotatable bonds is 6. The molecule has 2 aliphatic rings. The smallest absolute Gasteiger partial charge is 0.341 e. The van der Waals surface area contributed by atoms with Gasteiger partial charge in [0.15, 0.2) is 6.61 Å². The van der Waals surface area contributed by atoms with Gasteiger partial charge in [-0.25, -0.2) is 4.79 Å². The van der Waals surface area contributed by atoms with E-state index < -0.39 is 5.97 Å². The molecule has 2 heterocycles. The third-order valence-corrected chi connectivity index (χ3v) is 4.77. The number of piperazine rings is 2. The van der Waals surface area contributed by atoms with Crippen molar-refractivity contribution in [3.8, 4) is 5.75 Å². The number of carboxylic acids is 1. The minimum Gasteiger partial charge on any atom is -0.482 e. The zero-order valence-corrected chi connectivity index (χ0v) is 14.9. The number of benzene rings is 1. The van der Waals surface area contributed by atoms with Crippen LogP contribution in [-0.2, 0) is 9.59 Å². The second-order valence-corrected chi connectivity index (χ2v) is 6.57. The van der Waals surface area contributed by atoms with Crippen molar-refractivity contribution >= 4 is 17.6 Å². The highest BCUT2D eigenvalue weighted by molar-refractivity contribution is 5.78. The summed E-state index contributed by atoms with van der Waals surface area (Å²) in [4.78, 5) is 29.3. The van der Waals surface area contributed by atoms with E-state index in [9.17, 15) is 9.59 Å². The molecule has 0 spiro atoms. The molecule has 0 aromatic heterocycles. The average Bonchev–Trinajstić information content (AvgIpc) is 2.68. The van der Waals surface area contributed by atoms with Crippen molar-refractivity contribution in [3.05, 3.63) is 24.3 Å². The highest BCUT2D eigenvalue weighted by Gasteiger charge is 2.22. The van der Waals surface area contributed by atoms with Crippen molar-refractivity contribution in [2.75, 3.05) is 70.4 Å². The Hall–Kier alpha value is -2.32. The highest BCUT2D eigenvalue weighted by atomic mass is 16.5. The first kappa shape index (κ1) is 18.5. The third-order valence-electron chi connectivity index (χ3n) is 4.77. The minimum absolute atomic E-state index is 0.222. The zero-order valence-electron chi connectivity index (χ0n) is 14.9. The predicted molar refractivity (Wildman–Crippen MR) is 97.7 cm³/mol. The Bertz CT molecular complexity index is 608. The molecule has 1 aromatic carbocycles. The number of amides is 1. The Morgan fingerprint density at radius 2 is 1.65 bits per heavy atom. The molecule has 2 saturated heterocycles. The van der Waals surface area contributed by atoms with E-state index in [1.165, 1.54) is 0 Å². The van der Waals surface area contributed by atoms with E-state index in [4.69, 9.17) is 9.84 Å². The number of nitrogens with one attached hydrogen (secondary N) is 1. The van der Waals surface area contributed by atoms with Gasteiger partial charge in [-0.05, 0) is 24.3 Å². The largest absolute Gasteiger partial charge is 0.482 e. The van der Waals surface area contributed by atoms with Crippen molar-refractivity contribution in [1.82, 2.24) is 15.1 Å². The maximum atomic E-state index is 12.4. The van der Waals surface area contributed by atoms with Crippen molar-refractivity contribution in [3.63, 3.8) is 0 Å². The van der Waals surface area contributed by atoms with Gasteiger partial charge in [0, 0.05) is 58.0 Å². The molecule has 3 rings (SSSR count). The van der Waals surface area contributed by atoms with Crippen molar-refractivity contribution < 1.29 is 19.4 Å². The molecular formula is C18H26N4O4. The number of hydrogen-bond donors (Lipinski definition) is 2. The van der Waals surface area contributed by atoms with Gasteiger partial charge in [0.2, 0.25) is 5.91 Å². The fraction of sp³-hybridized carbons (Fsp3) is 0.556. The standard InChI is InChI=1S/C18H26N4O4/c23-17(22-7-5-19-6-8-22)13-20-9-11-21(12-10-20)15-1-3-16(4-2-15)26-14-18(24)25/h1-4,19H,5-14H2,(H,24,25). The number of nitrogens with zero attached hydrogens (tertiary/aromatic N) is 3. The summed E-state index contributed by atoms with van der Waals surface area (Å²) in [6.07, 6.45) is 0. The van der Waals surface area contributed by atoms with Gasteiger partial charge < -0.3 is 25.0 Å². The van der Waals surface area contributed by atoms with Gasteiger partial charge in [-0.1, -0.05) is 0 Å². The summed E-state index contributed by atoms with van der Waals surface area (Å²) < 4.78 is 5.16. The lowest BCUT2D eigenvalue weighted by Gasteiger charge is -2.37. The predicted octanol–water partition coefficient (Wildman–Crippen LogP) is -0.296. The van der Waals surface area contributed by atoms with Gasteiger partial charge in [0.05, 0.1) is 6.54 Å². The summed E-state index contributed by atoms with van der Waals surface area (Å²) in [5, 5.41) is 11.9. The van der Waals surface area contributed by atoms with Crippen LogP contribution in [0.25, 0.3) is 0 Å². The Balaban J connectivity index is 1.44. The Morgan fingerprint density at radius 3 is 2.27 bits per heavy atom. The van der Waals surface area contributed by atoms with Crippen LogP contribution in [0, 0.1) is 0 Å². The third kappa shape index (κ3) is 5.09. The number of hydrogen-bond acceptors (Lipinski definition) is 6. The molecule has 8 heteroatoms. The van der Waals surface area contributed by atoms with Crippen LogP contribution in [0.1, 0.15) is 0 Å². The molecule has 8 nitrogen and oxygen atoms in total. The summed E-state index contributed by atoms with van der Waals surface area (Å²) in [5.74, 6) is -0.211. The highest BCUT2D eigenvalue weighted by Crippen LogP contribution is 2.20. The van der Waals surface area contributed by atoms with Gasteiger partial charge in [-0.3, -0.25) is 9.69 Å². The summed E-state index contributed by atoms with van der Waals surface area (Å²) in [7, 11) is 0. The van der Waals surface area contributed by atoms with E-state index in [-0.39, 0.29) is 12.5 Å². The van der Waals surface area contributed by atoms with E-state index in [1.54, 1.807) is 12.1 Å². The summed E-state index contributed by atoms with van der Waals surface area (Å²) in [6.45, 7) is 6.97. The molecule has 0 unspecified atom stereocenters. The first-order valence-corrected chi connectivity index (χ1v) is 9.02. The van der Waals surface area contributed by atoms with E-state index >= 15 is 0 Å². The van der Waals surface area contributed by atoms with Crippen LogP contribution in [0.4, 0.5) is 5.69 Å². The molecule has 2 N–H and O–H groups in total. The first-order valence-electron chi connectivity index (χ1n) is 9.02. The molecule has 0 atom stereocenters. The molecule has 0 saturated carbocycles. The number of carbonyl (C=O) groups is 2. The Labute approximate surface area is 153 Å². The molecule has 0 aliphatic carbocycles. The molecule has 0 bridgehead atoms. The summed E-state index contributed by atoms with van der Waals surface area (Å²) in [5.41, 5.74) is 1.08. The minimum atomic E-state index is -0.986. The van der Waals surface area contributed by atoms with Crippen molar-refractivity contribution in [2.45, 2.75) is 0 Å². The van der Waals surface area contributed by atoms with Crippen LogP contribution in [0.2, 0.25) is 0 Å². The van der Waals surface area contributed by atoms with Crippen molar-refractivity contribution in [2.24, 2.45) is 0 Å². The number of carboxylic acid groups (broad SMARTS) is 1. The van der Waals surface area contributed by atoms with E-state index in [1.807, 2.05) is 17.0 Å². The number of carbonyl (C=O) groups excluding carboxylic acids is 1. The lowest BCUT2D eigenvalue weighted by Crippen LogP contribution is -2.53. The fourth-order valence-corrected chi connectivity index (χ4v) is 3.27. The van der Waals surface area contributed by atoms with Gasteiger partial charge in [0.1, 0.15) is 5.75 Å². The summed E-state index contributed by atoms with van der Waals surface area (Å²) >= 11 is 0.